The van der Waals surface area contributed by atoms with Crippen LogP contribution in [-0.4, -0.2) is 43.0 Å². The molecule has 1 atom stereocenters. The van der Waals surface area contributed by atoms with Crippen molar-refractivity contribution in [1.82, 2.24) is 4.98 Å². The Morgan fingerprint density at radius 2 is 1.81 bits per heavy atom. The lowest BCUT2D eigenvalue weighted by Crippen LogP contribution is -3.18. The molecule has 4 heteroatoms. The van der Waals surface area contributed by atoms with Gasteiger partial charge < -0.3 is 14.8 Å². The van der Waals surface area contributed by atoms with Gasteiger partial charge in [-0.3, -0.25) is 4.79 Å². The summed E-state index contributed by atoms with van der Waals surface area (Å²) in [7, 11) is 0. The molecule has 0 amide bonds. The number of hydrogen-bond donors (Lipinski definition) is 2. The molecule has 0 spiro atoms. The first-order chi connectivity index (χ1) is 13.1. The molecule has 0 unspecified atom stereocenters. The van der Waals surface area contributed by atoms with Gasteiger partial charge in [-0.1, -0.05) is 30.3 Å². The van der Waals surface area contributed by atoms with Gasteiger partial charge in [-0.25, -0.2) is 0 Å². The van der Waals surface area contributed by atoms with Gasteiger partial charge in [0.15, 0.2) is 0 Å². The van der Waals surface area contributed by atoms with Crippen LogP contribution in [0.1, 0.15) is 28.4 Å². The van der Waals surface area contributed by atoms with E-state index in [4.69, 9.17) is 0 Å². The SMILES string of the molecule is Cc1cccc(N2CC[NH+]([C@H](C)C(=O)c3c[nH]c4ccccc34)CC2)c1C. The van der Waals surface area contributed by atoms with Gasteiger partial charge in [-0.15, -0.1) is 0 Å². The summed E-state index contributed by atoms with van der Waals surface area (Å²) < 4.78 is 0. The van der Waals surface area contributed by atoms with E-state index >= 15 is 0 Å². The number of nitrogens with one attached hydrogen (secondary N) is 2. The lowest BCUT2D eigenvalue weighted by Gasteiger charge is -2.36. The fourth-order valence-electron chi connectivity index (χ4n) is 4.24. The summed E-state index contributed by atoms with van der Waals surface area (Å²) >= 11 is 0. The van der Waals surface area contributed by atoms with E-state index in [-0.39, 0.29) is 11.8 Å². The Morgan fingerprint density at radius 1 is 1.07 bits per heavy atom. The highest BCUT2D eigenvalue weighted by atomic mass is 16.1. The largest absolute Gasteiger partial charge is 0.360 e. The number of benzene rings is 2. The molecule has 0 bridgehead atoms. The molecule has 3 aromatic rings. The first-order valence-corrected chi connectivity index (χ1v) is 9.82. The minimum absolute atomic E-state index is 0.0232. The van der Waals surface area contributed by atoms with E-state index in [2.05, 4.69) is 48.9 Å². The third kappa shape index (κ3) is 3.26. The van der Waals surface area contributed by atoms with E-state index in [1.165, 1.54) is 21.7 Å². The van der Waals surface area contributed by atoms with E-state index in [1.54, 1.807) is 0 Å². The molecule has 1 aliphatic heterocycles. The van der Waals surface area contributed by atoms with Gasteiger partial charge in [0.2, 0.25) is 5.78 Å². The molecule has 1 aromatic heterocycles. The number of aryl methyl sites for hydroxylation is 1. The van der Waals surface area contributed by atoms with Gasteiger partial charge in [0.05, 0.1) is 26.2 Å². The van der Waals surface area contributed by atoms with E-state index < -0.39 is 0 Å². The lowest BCUT2D eigenvalue weighted by atomic mass is 10.0. The minimum atomic E-state index is -0.0232. The number of H-pyrrole nitrogens is 1. The summed E-state index contributed by atoms with van der Waals surface area (Å²) in [4.78, 5) is 20.2. The van der Waals surface area contributed by atoms with Crippen LogP contribution in [0, 0.1) is 13.8 Å². The fraction of sp³-hybridized carbons (Fsp3) is 0.348. The Bertz CT molecular complexity index is 967. The van der Waals surface area contributed by atoms with Crippen molar-refractivity contribution in [3.05, 3.63) is 65.4 Å². The van der Waals surface area contributed by atoms with E-state index in [9.17, 15) is 4.79 Å². The van der Waals surface area contributed by atoms with Gasteiger partial charge in [0.1, 0.15) is 6.04 Å². The fourth-order valence-corrected chi connectivity index (χ4v) is 4.24. The van der Waals surface area contributed by atoms with Crippen molar-refractivity contribution >= 4 is 22.4 Å². The number of para-hydroxylation sites is 1. The summed E-state index contributed by atoms with van der Waals surface area (Å²) in [5, 5.41) is 1.03. The molecule has 140 valence electrons. The van der Waals surface area contributed by atoms with Crippen LogP contribution < -0.4 is 9.80 Å². The molecular formula is C23H28N3O+. The summed E-state index contributed by atoms with van der Waals surface area (Å²) in [5.74, 6) is 0.239. The summed E-state index contributed by atoms with van der Waals surface area (Å²) in [6.07, 6.45) is 1.87. The standard InChI is InChI=1S/C23H27N3O/c1-16-7-6-10-22(17(16)2)26-13-11-25(12-14-26)18(3)23(27)20-15-24-21-9-5-4-8-19(20)21/h4-10,15,18,24H,11-14H2,1-3H3/p+1/t18-/m1/s1. The van der Waals surface area contributed by atoms with Crippen LogP contribution in [0.3, 0.4) is 0 Å². The van der Waals surface area contributed by atoms with Gasteiger partial charge in [0, 0.05) is 28.4 Å². The zero-order valence-electron chi connectivity index (χ0n) is 16.4. The maximum Gasteiger partial charge on any atom is 0.221 e. The smallest absolute Gasteiger partial charge is 0.221 e. The predicted octanol–water partition coefficient (Wildman–Crippen LogP) is 2.76. The average Bonchev–Trinajstić information content (AvgIpc) is 3.13. The Kier molecular flexibility index (Phi) is 4.75. The minimum Gasteiger partial charge on any atom is -0.360 e. The van der Waals surface area contributed by atoms with Gasteiger partial charge in [-0.2, -0.15) is 0 Å². The third-order valence-corrected chi connectivity index (χ3v) is 6.18. The Hall–Kier alpha value is -2.59. The highest BCUT2D eigenvalue weighted by Crippen LogP contribution is 2.23. The molecule has 0 aliphatic carbocycles. The number of hydrogen-bond acceptors (Lipinski definition) is 2. The molecule has 1 saturated heterocycles. The highest BCUT2D eigenvalue weighted by molar-refractivity contribution is 6.09. The Morgan fingerprint density at radius 3 is 2.59 bits per heavy atom. The van der Waals surface area contributed by atoms with Crippen LogP contribution >= 0.6 is 0 Å². The molecule has 4 nitrogen and oxygen atoms in total. The number of anilines is 1. The highest BCUT2D eigenvalue weighted by Gasteiger charge is 2.31. The molecule has 4 rings (SSSR count). The molecule has 2 aromatic carbocycles. The third-order valence-electron chi connectivity index (χ3n) is 6.18. The normalized spacial score (nSPS) is 16.6. The van der Waals surface area contributed by atoms with Crippen molar-refractivity contribution in [3.63, 3.8) is 0 Å². The second-order valence-electron chi connectivity index (χ2n) is 7.70. The maximum atomic E-state index is 13.1. The summed E-state index contributed by atoms with van der Waals surface area (Å²) in [6.45, 7) is 10.4. The van der Waals surface area contributed by atoms with Crippen molar-refractivity contribution in [2.45, 2.75) is 26.8 Å². The summed E-state index contributed by atoms with van der Waals surface area (Å²) in [6, 6.07) is 14.5. The van der Waals surface area contributed by atoms with Crippen molar-refractivity contribution < 1.29 is 9.69 Å². The van der Waals surface area contributed by atoms with Crippen molar-refractivity contribution in [3.8, 4) is 0 Å². The number of nitrogens with zero attached hydrogens (tertiary/aromatic N) is 1. The van der Waals surface area contributed by atoms with Crippen LogP contribution in [0.4, 0.5) is 5.69 Å². The van der Waals surface area contributed by atoms with Crippen LogP contribution in [0.5, 0.6) is 0 Å². The van der Waals surface area contributed by atoms with Gasteiger partial charge in [0.25, 0.3) is 0 Å². The Balaban J connectivity index is 1.46. The van der Waals surface area contributed by atoms with Gasteiger partial charge >= 0.3 is 0 Å². The van der Waals surface area contributed by atoms with Crippen molar-refractivity contribution in [1.29, 1.82) is 0 Å². The zero-order valence-corrected chi connectivity index (χ0v) is 16.4. The van der Waals surface area contributed by atoms with Gasteiger partial charge in [-0.05, 0) is 44.0 Å². The first-order valence-electron chi connectivity index (χ1n) is 9.82. The van der Waals surface area contributed by atoms with E-state index in [0.717, 1.165) is 42.6 Å². The topological polar surface area (TPSA) is 40.5 Å². The number of ketones is 1. The molecule has 0 saturated carbocycles. The van der Waals surface area contributed by atoms with E-state index in [0.29, 0.717) is 0 Å². The number of rotatable bonds is 4. The van der Waals surface area contributed by atoms with Crippen LogP contribution in [0.2, 0.25) is 0 Å². The van der Waals surface area contributed by atoms with Crippen LogP contribution in [0.15, 0.2) is 48.7 Å². The number of piperazine rings is 1. The average molecular weight is 362 g/mol. The number of fused-ring (bicyclic) bond motifs is 1. The molecule has 2 heterocycles. The molecule has 1 aliphatic rings. The summed E-state index contributed by atoms with van der Waals surface area (Å²) in [5.41, 5.74) is 5.89. The number of aromatic amines is 1. The quantitative estimate of drug-likeness (QED) is 0.701. The van der Waals surface area contributed by atoms with Crippen LogP contribution in [-0.2, 0) is 0 Å². The second-order valence-corrected chi connectivity index (χ2v) is 7.70. The number of Topliss-reactive ketones (excluding diaryl/α,β-unsaturated/α-hetero) is 1. The molecule has 1 fully saturated rings. The molecule has 2 N–H and O–H groups in total. The molecule has 27 heavy (non-hydrogen) atoms. The van der Waals surface area contributed by atoms with Crippen molar-refractivity contribution in [2.24, 2.45) is 0 Å². The Labute approximate surface area is 160 Å². The number of aromatic nitrogens is 1. The number of carbonyl (C=O) groups excluding carboxylic acids is 1. The number of quaternary nitrogens is 1. The van der Waals surface area contributed by atoms with Crippen LogP contribution in [0.25, 0.3) is 10.9 Å². The zero-order chi connectivity index (χ0) is 19.0. The second kappa shape index (κ2) is 7.20. The molecule has 0 radical (unpaired) electrons. The molecular weight excluding hydrogens is 334 g/mol. The number of carbonyl (C=O) groups is 1. The van der Waals surface area contributed by atoms with E-state index in [1.807, 2.05) is 30.5 Å². The lowest BCUT2D eigenvalue weighted by molar-refractivity contribution is -0.914. The first kappa shape index (κ1) is 17.8. The maximum absolute atomic E-state index is 13.1. The monoisotopic (exact) mass is 362 g/mol. The predicted molar refractivity (Wildman–Crippen MR) is 111 cm³/mol. The van der Waals surface area contributed by atoms with Crippen molar-refractivity contribution in [2.75, 3.05) is 31.1 Å².